The van der Waals surface area contributed by atoms with Gasteiger partial charge in [0.25, 0.3) is 0 Å². The number of Topliss-reactive ketones (excluding diaryl/α,β-unsaturated/α-hetero) is 1. The highest BCUT2D eigenvalue weighted by Crippen LogP contribution is 2.12. The van der Waals surface area contributed by atoms with Gasteiger partial charge in [-0.3, -0.25) is 9.59 Å². The van der Waals surface area contributed by atoms with E-state index in [1.807, 2.05) is 6.08 Å². The molecule has 0 aromatic heterocycles. The van der Waals surface area contributed by atoms with Crippen molar-refractivity contribution in [1.29, 1.82) is 0 Å². The topological polar surface area (TPSA) is 40.6 Å². The highest BCUT2D eigenvalue weighted by atomic mass is 16.2. The summed E-state index contributed by atoms with van der Waals surface area (Å²) in [5.74, 6) is -0.0599. The first-order valence-electron chi connectivity index (χ1n) is 6.87. The minimum atomic E-state index is -0.0378. The van der Waals surface area contributed by atoms with E-state index in [1.165, 1.54) is 13.0 Å². The van der Waals surface area contributed by atoms with Crippen molar-refractivity contribution < 1.29 is 9.59 Å². The first kappa shape index (κ1) is 16.7. The molecule has 0 unspecified atom stereocenters. The van der Waals surface area contributed by atoms with Crippen molar-refractivity contribution in [2.24, 2.45) is 0 Å². The summed E-state index contributed by atoms with van der Waals surface area (Å²) in [6, 6.07) is 0. The van der Waals surface area contributed by atoms with Crippen molar-refractivity contribution in [3.05, 3.63) is 61.4 Å². The molecule has 0 aliphatic carbocycles. The van der Waals surface area contributed by atoms with E-state index in [9.17, 15) is 9.59 Å². The van der Waals surface area contributed by atoms with Crippen LogP contribution in [0, 0.1) is 0 Å². The van der Waals surface area contributed by atoms with Gasteiger partial charge in [-0.25, -0.2) is 0 Å². The van der Waals surface area contributed by atoms with Crippen LogP contribution in [0.1, 0.15) is 6.92 Å². The van der Waals surface area contributed by atoms with E-state index in [1.54, 1.807) is 23.1 Å². The molecule has 0 N–H and O–H groups in total. The van der Waals surface area contributed by atoms with Crippen molar-refractivity contribution in [1.82, 2.24) is 9.80 Å². The van der Waals surface area contributed by atoms with Gasteiger partial charge in [-0.05, 0) is 31.2 Å². The SMILES string of the molecule is C=CC(=O)N1CCN(/C(C=C)=C/C=C(\C=C)C(C)=O)CC1. The third kappa shape index (κ3) is 4.60. The van der Waals surface area contributed by atoms with Crippen LogP contribution in [0.2, 0.25) is 0 Å². The molecule has 1 fully saturated rings. The van der Waals surface area contributed by atoms with E-state index < -0.39 is 0 Å². The summed E-state index contributed by atoms with van der Waals surface area (Å²) < 4.78 is 0. The minimum absolute atomic E-state index is 0.0222. The monoisotopic (exact) mass is 286 g/mol. The maximum absolute atomic E-state index is 11.5. The van der Waals surface area contributed by atoms with Crippen molar-refractivity contribution in [3.63, 3.8) is 0 Å². The van der Waals surface area contributed by atoms with Gasteiger partial charge in [0, 0.05) is 37.4 Å². The number of amides is 1. The molecule has 1 aliphatic heterocycles. The molecule has 0 aromatic carbocycles. The van der Waals surface area contributed by atoms with Crippen molar-refractivity contribution in [2.75, 3.05) is 26.2 Å². The molecule has 1 rings (SSSR count). The Morgan fingerprint density at radius 2 is 1.43 bits per heavy atom. The Labute approximate surface area is 126 Å². The predicted molar refractivity (Wildman–Crippen MR) is 85.6 cm³/mol. The Kier molecular flexibility index (Phi) is 6.40. The molecule has 4 heteroatoms. The van der Waals surface area contributed by atoms with Gasteiger partial charge in [0.15, 0.2) is 5.78 Å². The lowest BCUT2D eigenvalue weighted by Crippen LogP contribution is -2.47. The Morgan fingerprint density at radius 3 is 1.86 bits per heavy atom. The molecule has 0 spiro atoms. The number of allylic oxidation sites excluding steroid dienone is 5. The van der Waals surface area contributed by atoms with Crippen LogP contribution in [0.3, 0.4) is 0 Å². The van der Waals surface area contributed by atoms with Gasteiger partial charge >= 0.3 is 0 Å². The molecule has 112 valence electrons. The standard InChI is InChI=1S/C17H22N2O2/c1-5-15(14(4)20)8-9-16(6-2)18-10-12-19(13-11-18)17(21)7-3/h5-9H,1-3,10-13H2,4H3/b15-8+,16-9+. The van der Waals surface area contributed by atoms with E-state index in [2.05, 4.69) is 24.6 Å². The van der Waals surface area contributed by atoms with Crippen LogP contribution in [0.5, 0.6) is 0 Å². The number of hydrogen-bond acceptors (Lipinski definition) is 3. The summed E-state index contributed by atoms with van der Waals surface area (Å²) in [7, 11) is 0. The van der Waals surface area contributed by atoms with Gasteiger partial charge < -0.3 is 9.80 Å². The molecule has 0 bridgehead atoms. The number of carbonyl (C=O) groups excluding carboxylic acids is 2. The molecule has 0 aromatic rings. The Bertz CT molecular complexity index is 507. The first-order valence-corrected chi connectivity index (χ1v) is 6.87. The van der Waals surface area contributed by atoms with E-state index in [-0.39, 0.29) is 11.7 Å². The maximum Gasteiger partial charge on any atom is 0.246 e. The van der Waals surface area contributed by atoms with Crippen LogP contribution in [-0.2, 0) is 9.59 Å². The molecule has 4 nitrogen and oxygen atoms in total. The summed E-state index contributed by atoms with van der Waals surface area (Å²) in [6.07, 6.45) is 8.23. The summed E-state index contributed by atoms with van der Waals surface area (Å²) >= 11 is 0. The third-order valence-electron chi connectivity index (χ3n) is 3.40. The number of piperazine rings is 1. The smallest absolute Gasteiger partial charge is 0.246 e. The molecular formula is C17H22N2O2. The van der Waals surface area contributed by atoms with Crippen LogP contribution in [-0.4, -0.2) is 47.7 Å². The number of rotatable bonds is 6. The van der Waals surface area contributed by atoms with Crippen LogP contribution in [0.25, 0.3) is 0 Å². The minimum Gasteiger partial charge on any atom is -0.368 e. The van der Waals surface area contributed by atoms with Crippen molar-refractivity contribution in [3.8, 4) is 0 Å². The maximum atomic E-state index is 11.5. The summed E-state index contributed by atoms with van der Waals surface area (Å²) in [6.45, 7) is 15.2. The molecule has 1 saturated heterocycles. The van der Waals surface area contributed by atoms with Crippen LogP contribution >= 0.6 is 0 Å². The first-order chi connectivity index (χ1) is 10.0. The zero-order valence-electron chi connectivity index (χ0n) is 12.5. The molecule has 1 aliphatic rings. The Balaban J connectivity index is 2.77. The third-order valence-corrected chi connectivity index (χ3v) is 3.40. The quantitative estimate of drug-likeness (QED) is 0.554. The second-order valence-electron chi connectivity index (χ2n) is 4.69. The van der Waals surface area contributed by atoms with E-state index >= 15 is 0 Å². The van der Waals surface area contributed by atoms with Gasteiger partial charge in [0.05, 0.1) is 0 Å². The molecule has 0 atom stereocenters. The van der Waals surface area contributed by atoms with Gasteiger partial charge in [-0.1, -0.05) is 25.8 Å². The molecular weight excluding hydrogens is 264 g/mol. The van der Waals surface area contributed by atoms with Gasteiger partial charge in [-0.2, -0.15) is 0 Å². The summed E-state index contributed by atoms with van der Waals surface area (Å²) in [4.78, 5) is 26.8. The number of ketones is 1. The molecule has 1 amide bonds. The molecule has 0 radical (unpaired) electrons. The average Bonchev–Trinajstić information content (AvgIpc) is 2.51. The van der Waals surface area contributed by atoms with Gasteiger partial charge in [0.2, 0.25) is 5.91 Å². The van der Waals surface area contributed by atoms with Crippen LogP contribution in [0.15, 0.2) is 61.4 Å². The Morgan fingerprint density at radius 1 is 0.857 bits per heavy atom. The largest absolute Gasteiger partial charge is 0.368 e. The lowest BCUT2D eigenvalue weighted by atomic mass is 10.1. The summed E-state index contributed by atoms with van der Waals surface area (Å²) in [5.41, 5.74) is 1.50. The van der Waals surface area contributed by atoms with E-state index in [0.717, 1.165) is 18.8 Å². The highest BCUT2D eigenvalue weighted by molar-refractivity contribution is 5.96. The normalized spacial score (nSPS) is 16.4. The van der Waals surface area contributed by atoms with E-state index in [0.29, 0.717) is 18.7 Å². The second-order valence-corrected chi connectivity index (χ2v) is 4.69. The highest BCUT2D eigenvalue weighted by Gasteiger charge is 2.19. The van der Waals surface area contributed by atoms with Gasteiger partial charge in [0.1, 0.15) is 0 Å². The van der Waals surface area contributed by atoms with Crippen molar-refractivity contribution in [2.45, 2.75) is 6.92 Å². The molecule has 21 heavy (non-hydrogen) atoms. The second kappa shape index (κ2) is 8.04. The van der Waals surface area contributed by atoms with Crippen molar-refractivity contribution >= 4 is 11.7 Å². The molecule has 1 heterocycles. The lowest BCUT2D eigenvalue weighted by Gasteiger charge is -2.36. The fourth-order valence-electron chi connectivity index (χ4n) is 2.12. The number of hydrogen-bond donors (Lipinski definition) is 0. The lowest BCUT2D eigenvalue weighted by molar-refractivity contribution is -0.127. The number of carbonyl (C=O) groups is 2. The number of nitrogens with zero attached hydrogens (tertiary/aromatic N) is 2. The zero-order valence-corrected chi connectivity index (χ0v) is 12.5. The summed E-state index contributed by atoms with van der Waals surface area (Å²) in [5, 5.41) is 0. The van der Waals surface area contributed by atoms with Gasteiger partial charge in [-0.15, -0.1) is 0 Å². The fraction of sp³-hybridized carbons (Fsp3) is 0.294. The molecule has 0 saturated carbocycles. The van der Waals surface area contributed by atoms with Crippen LogP contribution in [0.4, 0.5) is 0 Å². The average molecular weight is 286 g/mol. The zero-order chi connectivity index (χ0) is 15.8. The van der Waals surface area contributed by atoms with E-state index in [4.69, 9.17) is 0 Å². The van der Waals surface area contributed by atoms with Crippen LogP contribution < -0.4 is 0 Å². The fourth-order valence-corrected chi connectivity index (χ4v) is 2.12. The Hall–Kier alpha value is -2.36. The predicted octanol–water partition coefficient (Wildman–Crippen LogP) is 2.09.